The molecule has 0 spiro atoms. The lowest BCUT2D eigenvalue weighted by Gasteiger charge is -2.21. The van der Waals surface area contributed by atoms with Gasteiger partial charge in [0.25, 0.3) is 0 Å². The third-order valence-electron chi connectivity index (χ3n) is 4.61. The summed E-state index contributed by atoms with van der Waals surface area (Å²) in [6, 6.07) is 20.2. The van der Waals surface area contributed by atoms with Gasteiger partial charge in [0.05, 0.1) is 25.8 Å². The molecule has 1 aromatic heterocycles. The van der Waals surface area contributed by atoms with Gasteiger partial charge in [-0.3, -0.25) is 0 Å². The molecule has 1 atom stereocenters. The first-order chi connectivity index (χ1) is 14.0. The molecule has 3 rings (SSSR count). The third-order valence-corrected chi connectivity index (χ3v) is 4.61. The van der Waals surface area contributed by atoms with Crippen molar-refractivity contribution in [2.45, 2.75) is 46.4 Å². The van der Waals surface area contributed by atoms with E-state index < -0.39 is 0 Å². The fourth-order valence-electron chi connectivity index (χ4n) is 2.92. The lowest BCUT2D eigenvalue weighted by molar-refractivity contribution is 0.0953. The van der Waals surface area contributed by atoms with E-state index in [1.54, 1.807) is 4.80 Å². The van der Waals surface area contributed by atoms with E-state index in [1.807, 2.05) is 36.4 Å². The molecule has 0 fully saturated rings. The largest absolute Gasteiger partial charge is 0.375 e. The minimum absolute atomic E-state index is 0.0921. The Balaban J connectivity index is 1.61. The number of ether oxygens (including phenoxy) is 1. The number of nitrogens with one attached hydrogen (secondary N) is 1. The summed E-state index contributed by atoms with van der Waals surface area (Å²) in [5, 5.41) is 16.7. The van der Waals surface area contributed by atoms with Crippen molar-refractivity contribution in [3.05, 3.63) is 77.6 Å². The summed E-state index contributed by atoms with van der Waals surface area (Å²) in [7, 11) is 0. The molecule has 0 bridgehead atoms. The lowest BCUT2D eigenvalue weighted by atomic mass is 9.92. The van der Waals surface area contributed by atoms with Crippen LogP contribution in [-0.2, 0) is 17.9 Å². The van der Waals surface area contributed by atoms with Gasteiger partial charge in [0, 0.05) is 0 Å². The number of tetrazole rings is 1. The monoisotopic (exact) mass is 393 g/mol. The molecule has 0 aliphatic rings. The van der Waals surface area contributed by atoms with E-state index in [2.05, 4.69) is 65.8 Å². The Labute approximate surface area is 173 Å². The van der Waals surface area contributed by atoms with Crippen molar-refractivity contribution >= 4 is 0 Å². The van der Waals surface area contributed by atoms with Crippen molar-refractivity contribution in [2.24, 2.45) is 5.41 Å². The van der Waals surface area contributed by atoms with Crippen molar-refractivity contribution in [3.63, 3.8) is 0 Å². The molecular formula is C23H31N5O. The minimum atomic E-state index is -0.0921. The summed E-state index contributed by atoms with van der Waals surface area (Å²) < 4.78 is 5.97. The first kappa shape index (κ1) is 21.1. The van der Waals surface area contributed by atoms with E-state index in [4.69, 9.17) is 4.74 Å². The lowest BCUT2D eigenvalue weighted by Crippen LogP contribution is -2.29. The highest BCUT2D eigenvalue weighted by Gasteiger charge is 2.19. The van der Waals surface area contributed by atoms with Gasteiger partial charge in [-0.25, -0.2) is 0 Å². The quantitative estimate of drug-likeness (QED) is 0.564. The van der Waals surface area contributed by atoms with E-state index >= 15 is 0 Å². The molecule has 6 nitrogen and oxygen atoms in total. The number of rotatable bonds is 10. The molecule has 1 N–H and O–H groups in total. The van der Waals surface area contributed by atoms with Crippen LogP contribution in [0, 0.1) is 5.41 Å². The molecule has 0 amide bonds. The van der Waals surface area contributed by atoms with Crippen LogP contribution in [0.5, 0.6) is 0 Å². The summed E-state index contributed by atoms with van der Waals surface area (Å²) in [6.07, 6.45) is 1.06. The zero-order chi connectivity index (χ0) is 20.5. The summed E-state index contributed by atoms with van der Waals surface area (Å²) in [5.41, 5.74) is 2.57. The zero-order valence-electron chi connectivity index (χ0n) is 17.6. The minimum Gasteiger partial charge on any atom is -0.375 e. The molecule has 3 aromatic rings. The highest BCUT2D eigenvalue weighted by atomic mass is 16.5. The van der Waals surface area contributed by atoms with Crippen LogP contribution >= 0.6 is 0 Å². The first-order valence-electron chi connectivity index (χ1n) is 10.2. The van der Waals surface area contributed by atoms with Gasteiger partial charge < -0.3 is 10.1 Å². The molecule has 0 aliphatic carbocycles. The normalized spacial score (nSPS) is 12.8. The van der Waals surface area contributed by atoms with Crippen LogP contribution in [0.2, 0.25) is 0 Å². The number of aromatic nitrogens is 4. The Morgan fingerprint density at radius 2 is 1.62 bits per heavy atom. The summed E-state index contributed by atoms with van der Waals surface area (Å²) in [5.74, 6) is 0.669. The fourth-order valence-corrected chi connectivity index (χ4v) is 2.92. The molecular weight excluding hydrogens is 362 g/mol. The molecule has 0 saturated heterocycles. The van der Waals surface area contributed by atoms with Crippen LogP contribution < -0.4 is 5.32 Å². The van der Waals surface area contributed by atoms with Crippen LogP contribution in [0.3, 0.4) is 0 Å². The molecule has 154 valence electrons. The van der Waals surface area contributed by atoms with E-state index in [-0.39, 0.29) is 11.5 Å². The third kappa shape index (κ3) is 7.40. The highest BCUT2D eigenvalue weighted by molar-refractivity contribution is 5.14. The molecule has 6 heteroatoms. The van der Waals surface area contributed by atoms with Crippen molar-refractivity contribution in [2.75, 3.05) is 13.2 Å². The Morgan fingerprint density at radius 3 is 2.28 bits per heavy atom. The number of benzene rings is 2. The molecule has 0 radical (unpaired) electrons. The topological polar surface area (TPSA) is 64.9 Å². The summed E-state index contributed by atoms with van der Waals surface area (Å²) >= 11 is 0. The second kappa shape index (κ2) is 10.3. The van der Waals surface area contributed by atoms with Gasteiger partial charge in [-0.15, -0.1) is 10.2 Å². The Morgan fingerprint density at radius 1 is 0.966 bits per heavy atom. The number of hydrogen-bond acceptors (Lipinski definition) is 5. The zero-order valence-corrected chi connectivity index (χ0v) is 17.6. The van der Waals surface area contributed by atoms with Crippen molar-refractivity contribution in [3.8, 4) is 0 Å². The van der Waals surface area contributed by atoms with Gasteiger partial charge in [-0.1, -0.05) is 81.4 Å². The van der Waals surface area contributed by atoms with Crippen LogP contribution in [0.4, 0.5) is 0 Å². The number of hydrogen-bond donors (Lipinski definition) is 1. The Kier molecular flexibility index (Phi) is 7.49. The van der Waals surface area contributed by atoms with Crippen molar-refractivity contribution in [1.29, 1.82) is 0 Å². The molecule has 0 unspecified atom stereocenters. The van der Waals surface area contributed by atoms with Gasteiger partial charge in [-0.2, -0.15) is 4.80 Å². The average Bonchev–Trinajstić information content (AvgIpc) is 3.16. The van der Waals surface area contributed by atoms with Crippen molar-refractivity contribution in [1.82, 2.24) is 25.5 Å². The molecule has 1 heterocycles. The van der Waals surface area contributed by atoms with Crippen molar-refractivity contribution < 1.29 is 4.74 Å². The summed E-state index contributed by atoms with van der Waals surface area (Å²) in [4.78, 5) is 1.64. The van der Waals surface area contributed by atoms with Crippen LogP contribution in [-0.4, -0.2) is 33.4 Å². The van der Waals surface area contributed by atoms with E-state index in [9.17, 15) is 0 Å². The van der Waals surface area contributed by atoms with Gasteiger partial charge in [0.1, 0.15) is 0 Å². The number of nitrogens with zero attached hydrogens (tertiary/aromatic N) is 4. The van der Waals surface area contributed by atoms with Crippen LogP contribution in [0.1, 0.15) is 50.2 Å². The molecule has 2 aromatic carbocycles. The maximum Gasteiger partial charge on any atom is 0.194 e. The molecule has 0 aliphatic heterocycles. The summed E-state index contributed by atoms with van der Waals surface area (Å²) in [6.45, 7) is 9.26. The van der Waals surface area contributed by atoms with E-state index in [1.165, 1.54) is 0 Å². The standard InChI is InChI=1S/C23H31N5O/c1-23(2,3)14-15-24-21(18-29-17-20-12-8-5-9-13-20)22-25-27-28(26-22)16-19-10-6-4-7-11-19/h4-13,21,24H,14-18H2,1-3H3/t21-/m1/s1. The maximum absolute atomic E-state index is 5.97. The van der Waals surface area contributed by atoms with Crippen LogP contribution in [0.15, 0.2) is 60.7 Å². The fraction of sp³-hybridized carbons (Fsp3) is 0.435. The first-order valence-corrected chi connectivity index (χ1v) is 10.2. The van der Waals surface area contributed by atoms with Gasteiger partial charge >= 0.3 is 0 Å². The predicted octanol–water partition coefficient (Wildman–Crippen LogP) is 4.01. The maximum atomic E-state index is 5.97. The molecule has 29 heavy (non-hydrogen) atoms. The highest BCUT2D eigenvalue weighted by Crippen LogP contribution is 2.18. The van der Waals surface area contributed by atoms with Gasteiger partial charge in [0.15, 0.2) is 5.82 Å². The van der Waals surface area contributed by atoms with Gasteiger partial charge in [0.2, 0.25) is 0 Å². The Hall–Kier alpha value is -2.57. The average molecular weight is 394 g/mol. The van der Waals surface area contributed by atoms with Gasteiger partial charge in [-0.05, 0) is 34.7 Å². The van der Waals surface area contributed by atoms with E-state index in [0.29, 0.717) is 25.6 Å². The van der Waals surface area contributed by atoms with Crippen LogP contribution in [0.25, 0.3) is 0 Å². The van der Waals surface area contributed by atoms with E-state index in [0.717, 1.165) is 24.1 Å². The smallest absolute Gasteiger partial charge is 0.194 e. The second-order valence-electron chi connectivity index (χ2n) is 8.48. The Bertz CT molecular complexity index is 842. The second-order valence-corrected chi connectivity index (χ2v) is 8.48. The predicted molar refractivity (Wildman–Crippen MR) is 114 cm³/mol. The molecule has 0 saturated carbocycles. The SMILES string of the molecule is CC(C)(C)CCN[C@H](COCc1ccccc1)c1nnn(Cc2ccccc2)n1.